The quantitative estimate of drug-likeness (QED) is 0.892. The molecule has 1 unspecified atom stereocenters. The van der Waals surface area contributed by atoms with E-state index in [9.17, 15) is 22.8 Å². The van der Waals surface area contributed by atoms with Crippen LogP contribution in [0.5, 0.6) is 0 Å². The van der Waals surface area contributed by atoms with Gasteiger partial charge in [-0.15, -0.1) is 0 Å². The number of carbonyl (C=O) groups is 2. The molecule has 0 spiro atoms. The average molecular weight is 330 g/mol. The maximum atomic E-state index is 12.6. The van der Waals surface area contributed by atoms with Gasteiger partial charge in [0.1, 0.15) is 6.04 Å². The van der Waals surface area contributed by atoms with Crippen molar-refractivity contribution < 1.29 is 22.8 Å². The van der Waals surface area contributed by atoms with E-state index in [1.54, 1.807) is 20.8 Å². The lowest BCUT2D eigenvalue weighted by Crippen LogP contribution is -2.48. The summed E-state index contributed by atoms with van der Waals surface area (Å²) >= 11 is 0. The van der Waals surface area contributed by atoms with E-state index in [1.165, 1.54) is 19.1 Å². The van der Waals surface area contributed by atoms with E-state index in [0.29, 0.717) is 5.56 Å². The Morgan fingerprint density at radius 3 is 2.30 bits per heavy atom. The number of halogens is 3. The predicted molar refractivity (Wildman–Crippen MR) is 80.4 cm³/mol. The van der Waals surface area contributed by atoms with Crippen LogP contribution in [0.4, 0.5) is 13.2 Å². The van der Waals surface area contributed by atoms with Crippen molar-refractivity contribution in [1.82, 2.24) is 10.6 Å². The summed E-state index contributed by atoms with van der Waals surface area (Å²) in [4.78, 5) is 23.7. The first kappa shape index (κ1) is 19.0. The zero-order valence-electron chi connectivity index (χ0n) is 13.5. The molecule has 1 aromatic carbocycles. The Balaban J connectivity index is 2.61. The predicted octanol–water partition coefficient (Wildman–Crippen LogP) is 2.87. The molecule has 0 bridgehead atoms. The van der Waals surface area contributed by atoms with Gasteiger partial charge < -0.3 is 10.6 Å². The van der Waals surface area contributed by atoms with E-state index in [1.807, 2.05) is 0 Å². The second kappa shape index (κ2) is 7.02. The van der Waals surface area contributed by atoms with Crippen molar-refractivity contribution in [3.63, 3.8) is 0 Å². The van der Waals surface area contributed by atoms with Gasteiger partial charge in [0.15, 0.2) is 0 Å². The van der Waals surface area contributed by atoms with E-state index >= 15 is 0 Å². The Morgan fingerprint density at radius 1 is 1.17 bits per heavy atom. The molecule has 4 nitrogen and oxygen atoms in total. The molecule has 1 rings (SSSR count). The Hall–Kier alpha value is -2.05. The summed E-state index contributed by atoms with van der Waals surface area (Å²) in [6.45, 7) is 6.63. The number of benzene rings is 1. The smallest absolute Gasteiger partial charge is 0.350 e. The van der Waals surface area contributed by atoms with Crippen LogP contribution < -0.4 is 10.6 Å². The van der Waals surface area contributed by atoms with E-state index in [-0.39, 0.29) is 12.5 Å². The van der Waals surface area contributed by atoms with Gasteiger partial charge in [-0.25, -0.2) is 0 Å². The van der Waals surface area contributed by atoms with Gasteiger partial charge in [-0.2, -0.15) is 13.2 Å². The first-order valence-electron chi connectivity index (χ1n) is 7.16. The molecule has 128 valence electrons. The van der Waals surface area contributed by atoms with E-state index in [4.69, 9.17) is 0 Å². The van der Waals surface area contributed by atoms with E-state index in [0.717, 1.165) is 12.1 Å². The van der Waals surface area contributed by atoms with Crippen LogP contribution >= 0.6 is 0 Å². The first-order valence-corrected chi connectivity index (χ1v) is 7.16. The van der Waals surface area contributed by atoms with Gasteiger partial charge >= 0.3 is 6.18 Å². The van der Waals surface area contributed by atoms with Crippen molar-refractivity contribution in [2.45, 2.75) is 46.5 Å². The monoisotopic (exact) mass is 330 g/mol. The SMILES string of the molecule is CC(NC(=O)C(C)(C)C)C(=O)NCc1cccc(C(F)(F)F)c1. The molecule has 0 saturated carbocycles. The molecule has 2 amide bonds. The minimum Gasteiger partial charge on any atom is -0.350 e. The molecule has 0 radical (unpaired) electrons. The third-order valence-electron chi connectivity index (χ3n) is 3.14. The Kier molecular flexibility index (Phi) is 5.80. The van der Waals surface area contributed by atoms with E-state index < -0.39 is 29.1 Å². The third kappa shape index (κ3) is 5.92. The molecule has 1 atom stereocenters. The van der Waals surface area contributed by atoms with Crippen LogP contribution in [0.25, 0.3) is 0 Å². The molecule has 0 aromatic heterocycles. The van der Waals surface area contributed by atoms with Crippen LogP contribution in [0.3, 0.4) is 0 Å². The second-order valence-electron chi connectivity index (χ2n) is 6.36. The molecule has 0 aliphatic heterocycles. The molecule has 7 heteroatoms. The number of alkyl halides is 3. The summed E-state index contributed by atoms with van der Waals surface area (Å²) in [6, 6.07) is 3.96. The van der Waals surface area contributed by atoms with Crippen molar-refractivity contribution in [3.05, 3.63) is 35.4 Å². The summed E-state index contributed by atoms with van der Waals surface area (Å²) in [5.74, 6) is -0.737. The number of nitrogens with one attached hydrogen (secondary N) is 2. The first-order chi connectivity index (χ1) is 10.4. The standard InChI is InChI=1S/C16H21F3N2O2/c1-10(21-14(23)15(2,3)4)13(22)20-9-11-6-5-7-12(8-11)16(17,18)19/h5-8,10H,9H2,1-4H3,(H,20,22)(H,21,23). The van der Waals surface area contributed by atoms with E-state index in [2.05, 4.69) is 10.6 Å². The van der Waals surface area contributed by atoms with Crippen molar-refractivity contribution in [1.29, 1.82) is 0 Å². The van der Waals surface area contributed by atoms with Gasteiger partial charge in [0.25, 0.3) is 0 Å². The number of hydrogen-bond acceptors (Lipinski definition) is 2. The zero-order valence-corrected chi connectivity index (χ0v) is 13.5. The molecule has 0 aliphatic carbocycles. The largest absolute Gasteiger partial charge is 0.416 e. The second-order valence-corrected chi connectivity index (χ2v) is 6.36. The highest BCUT2D eigenvalue weighted by Gasteiger charge is 2.30. The minimum absolute atomic E-state index is 0.0432. The van der Waals surface area contributed by atoms with Crippen LogP contribution in [0.2, 0.25) is 0 Å². The van der Waals surface area contributed by atoms with Gasteiger partial charge in [-0.1, -0.05) is 32.9 Å². The molecule has 0 heterocycles. The summed E-state index contributed by atoms with van der Waals surface area (Å²) < 4.78 is 37.8. The highest BCUT2D eigenvalue weighted by molar-refractivity contribution is 5.89. The molecular formula is C16H21F3N2O2. The Morgan fingerprint density at radius 2 is 1.78 bits per heavy atom. The fourth-order valence-electron chi connectivity index (χ4n) is 1.68. The molecular weight excluding hydrogens is 309 g/mol. The highest BCUT2D eigenvalue weighted by atomic mass is 19.4. The Labute approximate surface area is 133 Å². The normalized spacial score (nSPS) is 13.3. The van der Waals surface area contributed by atoms with Gasteiger partial charge in [0.2, 0.25) is 11.8 Å². The minimum atomic E-state index is -4.42. The lowest BCUT2D eigenvalue weighted by Gasteiger charge is -2.21. The van der Waals surface area contributed by atoms with Gasteiger partial charge in [0, 0.05) is 12.0 Å². The fraction of sp³-hybridized carbons (Fsp3) is 0.500. The number of amides is 2. The molecule has 0 saturated heterocycles. The van der Waals surface area contributed by atoms with Crippen LogP contribution in [0.1, 0.15) is 38.8 Å². The molecule has 2 N–H and O–H groups in total. The molecule has 0 aliphatic rings. The molecule has 1 aromatic rings. The number of rotatable bonds is 4. The van der Waals surface area contributed by atoms with Gasteiger partial charge in [0.05, 0.1) is 5.56 Å². The summed E-state index contributed by atoms with van der Waals surface area (Å²) in [6.07, 6.45) is -4.42. The maximum Gasteiger partial charge on any atom is 0.416 e. The van der Waals surface area contributed by atoms with Crippen LogP contribution in [0, 0.1) is 5.41 Å². The molecule has 0 fully saturated rings. The maximum absolute atomic E-state index is 12.6. The van der Waals surface area contributed by atoms with Crippen LogP contribution in [-0.4, -0.2) is 17.9 Å². The summed E-state index contributed by atoms with van der Waals surface area (Å²) in [7, 11) is 0. The Bertz CT molecular complexity index is 577. The molecule has 23 heavy (non-hydrogen) atoms. The van der Waals surface area contributed by atoms with Crippen LogP contribution in [0.15, 0.2) is 24.3 Å². The van der Waals surface area contributed by atoms with Crippen molar-refractivity contribution in [2.75, 3.05) is 0 Å². The highest BCUT2D eigenvalue weighted by Crippen LogP contribution is 2.29. The summed E-state index contributed by atoms with van der Waals surface area (Å²) in [5, 5.41) is 5.07. The summed E-state index contributed by atoms with van der Waals surface area (Å²) in [5.41, 5.74) is -1.06. The number of carbonyl (C=O) groups excluding carboxylic acids is 2. The van der Waals surface area contributed by atoms with Crippen molar-refractivity contribution in [3.8, 4) is 0 Å². The third-order valence-corrected chi connectivity index (χ3v) is 3.14. The lowest BCUT2D eigenvalue weighted by molar-refractivity contribution is -0.137. The average Bonchev–Trinajstić information content (AvgIpc) is 2.43. The lowest BCUT2D eigenvalue weighted by atomic mass is 9.95. The van der Waals surface area contributed by atoms with Gasteiger partial charge in [-0.3, -0.25) is 9.59 Å². The van der Waals surface area contributed by atoms with Crippen molar-refractivity contribution >= 4 is 11.8 Å². The fourth-order valence-corrected chi connectivity index (χ4v) is 1.68. The zero-order chi connectivity index (χ0) is 17.8. The van der Waals surface area contributed by atoms with Gasteiger partial charge in [-0.05, 0) is 24.6 Å². The van der Waals surface area contributed by atoms with Crippen LogP contribution in [-0.2, 0) is 22.3 Å². The van der Waals surface area contributed by atoms with Crippen molar-refractivity contribution in [2.24, 2.45) is 5.41 Å². The number of hydrogen-bond donors (Lipinski definition) is 2. The topological polar surface area (TPSA) is 58.2 Å².